The molecule has 12 bridgehead atoms. The summed E-state index contributed by atoms with van der Waals surface area (Å²) in [5.41, 5.74) is 8.03. The summed E-state index contributed by atoms with van der Waals surface area (Å²) in [5, 5.41) is 10.5. The molecule has 0 aliphatic carbocycles. The fourth-order valence-electron chi connectivity index (χ4n) is 11.4. The van der Waals surface area contributed by atoms with Crippen molar-refractivity contribution in [1.82, 2.24) is 0 Å². The molecule has 0 aromatic heterocycles. The van der Waals surface area contributed by atoms with Crippen LogP contribution < -0.4 is 5.73 Å². The molecule has 52 heavy (non-hydrogen) atoms. The van der Waals surface area contributed by atoms with E-state index in [0.717, 1.165) is 68.9 Å². The molecule has 290 valence electrons. The third-order valence-corrected chi connectivity index (χ3v) is 14.1. The Balaban J connectivity index is 0.994. The quantitative estimate of drug-likeness (QED) is 0.325. The fourth-order valence-corrected chi connectivity index (χ4v) is 11.4. The molecule has 0 saturated carbocycles. The van der Waals surface area contributed by atoms with Crippen molar-refractivity contribution < 1.29 is 52.5 Å². The lowest BCUT2D eigenvalue weighted by Gasteiger charge is -2.46. The van der Waals surface area contributed by atoms with E-state index in [9.17, 15) is 9.90 Å². The van der Waals surface area contributed by atoms with Gasteiger partial charge in [0.2, 0.25) is 6.10 Å². The summed E-state index contributed by atoms with van der Waals surface area (Å²) in [6.45, 7) is 11.3. The molecule has 10 aliphatic heterocycles. The van der Waals surface area contributed by atoms with Crippen LogP contribution in [-0.4, -0.2) is 133 Å². The lowest BCUT2D eigenvalue weighted by molar-refractivity contribution is -0.341. The zero-order valence-corrected chi connectivity index (χ0v) is 30.9. The molecule has 10 unspecified atom stereocenters. The zero-order chi connectivity index (χ0) is 35.9. The number of ether oxygens (including phenoxy) is 9. The predicted molar refractivity (Wildman–Crippen MR) is 187 cm³/mol. The first-order chi connectivity index (χ1) is 25.1. The van der Waals surface area contributed by atoms with Crippen molar-refractivity contribution in [2.75, 3.05) is 13.7 Å². The van der Waals surface area contributed by atoms with E-state index >= 15 is 0 Å². The third-order valence-electron chi connectivity index (χ3n) is 14.1. The van der Waals surface area contributed by atoms with Gasteiger partial charge in [-0.1, -0.05) is 20.1 Å². The molecule has 10 fully saturated rings. The number of ketones is 1. The highest BCUT2D eigenvalue weighted by Gasteiger charge is 2.72. The summed E-state index contributed by atoms with van der Waals surface area (Å²) < 4.78 is 58.7. The molecule has 4 N–H and O–H groups in total. The molecule has 0 radical (unpaired) electrons. The van der Waals surface area contributed by atoms with Gasteiger partial charge in [-0.2, -0.15) is 0 Å². The number of nitrogens with two attached hydrogens (primary N) is 1. The van der Waals surface area contributed by atoms with E-state index in [2.05, 4.69) is 20.1 Å². The minimum atomic E-state index is -0.727. The van der Waals surface area contributed by atoms with Gasteiger partial charge in [-0.3, -0.25) is 4.79 Å². The Morgan fingerprint density at radius 1 is 0.865 bits per heavy atom. The van der Waals surface area contributed by atoms with E-state index < -0.39 is 18.0 Å². The second kappa shape index (κ2) is 14.3. The number of hydrogen-bond acceptors (Lipinski definition) is 11. The summed E-state index contributed by atoms with van der Waals surface area (Å²) >= 11 is 0. The van der Waals surface area contributed by atoms with Gasteiger partial charge in [0, 0.05) is 45.3 Å². The molecule has 0 amide bonds. The number of methoxy groups -OCH3 is 1. The van der Waals surface area contributed by atoms with Crippen molar-refractivity contribution in [3.8, 4) is 0 Å². The number of carbonyl (C=O) groups excluding carboxylic acids is 1. The highest BCUT2D eigenvalue weighted by Crippen LogP contribution is 2.53. The number of aliphatic hydroxyl groups excluding tert-OH is 1. The number of aliphatic hydroxyl groups is 3. The van der Waals surface area contributed by atoms with Crippen LogP contribution in [0.1, 0.15) is 90.4 Å². The van der Waals surface area contributed by atoms with Gasteiger partial charge in [-0.25, -0.2) is 0 Å². The molecule has 10 aliphatic rings. The van der Waals surface area contributed by atoms with E-state index in [0.29, 0.717) is 12.8 Å². The van der Waals surface area contributed by atoms with Crippen molar-refractivity contribution in [2.45, 2.75) is 194 Å². The minimum Gasteiger partial charge on any atom is -0.401 e. The first kappa shape index (κ1) is 36.4. The summed E-state index contributed by atoms with van der Waals surface area (Å²) in [7, 11) is 1.66. The van der Waals surface area contributed by atoms with Crippen LogP contribution in [-0.2, 0) is 42.7 Å². The van der Waals surface area contributed by atoms with Crippen LogP contribution >= 0.6 is 0 Å². The molecule has 0 aromatic carbocycles. The van der Waals surface area contributed by atoms with Gasteiger partial charge in [-0.05, 0) is 62.0 Å². The average molecular weight is 731 g/mol. The highest BCUT2D eigenvalue weighted by molar-refractivity contribution is 5.79. The number of hydrogen-bond donors (Lipinski definition) is 2. The molecule has 1 spiro atoms. The Morgan fingerprint density at radius 3 is 2.48 bits per heavy atom. The van der Waals surface area contributed by atoms with Crippen molar-refractivity contribution >= 4 is 5.78 Å². The molecule has 19 atom stereocenters. The monoisotopic (exact) mass is 730 g/mol. The van der Waals surface area contributed by atoms with Crippen LogP contribution in [0.2, 0.25) is 0 Å². The smallest absolute Gasteiger partial charge is 0.278 e. The van der Waals surface area contributed by atoms with Crippen LogP contribution in [0.3, 0.4) is 0 Å². The van der Waals surface area contributed by atoms with Gasteiger partial charge in [0.1, 0.15) is 30.2 Å². The maximum Gasteiger partial charge on any atom is 0.278 e. The lowest BCUT2D eigenvalue weighted by atomic mass is 9.81. The van der Waals surface area contributed by atoms with E-state index in [4.69, 9.17) is 48.4 Å². The number of rotatable bonds is 4. The lowest BCUT2D eigenvalue weighted by Crippen LogP contribution is -2.61. The van der Waals surface area contributed by atoms with Crippen molar-refractivity contribution in [3.63, 3.8) is 0 Å². The summed E-state index contributed by atoms with van der Waals surface area (Å²) in [5.74, 6) is -0.481. The van der Waals surface area contributed by atoms with Crippen LogP contribution in [0.5, 0.6) is 0 Å². The second-order valence-electron chi connectivity index (χ2n) is 17.5. The van der Waals surface area contributed by atoms with Gasteiger partial charge in [-0.15, -0.1) is 0 Å². The third kappa shape index (κ3) is 6.59. The topological polar surface area (TPSA) is 150 Å². The largest absolute Gasteiger partial charge is 0.401 e. The van der Waals surface area contributed by atoms with Crippen LogP contribution in [0, 0.1) is 11.8 Å². The van der Waals surface area contributed by atoms with Crippen molar-refractivity contribution in [2.24, 2.45) is 17.6 Å². The summed E-state index contributed by atoms with van der Waals surface area (Å²) in [4.78, 5) is 14.1. The van der Waals surface area contributed by atoms with Crippen LogP contribution in [0.25, 0.3) is 0 Å². The second-order valence-corrected chi connectivity index (χ2v) is 17.5. The standard InChI is InChI=1S/C40H59NO11/c1-19-11-24-5-7-28-20(2)12-26(45-28)9-10-40-17-33-36(51-40)37-38(50-33)39(52-40)35-29(49-37)8-6-25(47-35)13-22(42)14-27-31(16-30(46-24)21(19)3)48-32(34(27)44-4)15-23(43)18-41/h19,23-39,43H,2-3,5-18,41H2,1,4H3/p+1/t19-,23?,24+,25?,26?,27?,28?,29+,30-,31+,32-,33-,34-,35?,36?,37?,38?,39?,40+/m1/s1. The summed E-state index contributed by atoms with van der Waals surface area (Å²) in [6, 6.07) is 0. The maximum atomic E-state index is 14.1. The highest BCUT2D eigenvalue weighted by atomic mass is 16.8. The van der Waals surface area contributed by atoms with Gasteiger partial charge in [0.15, 0.2) is 6.10 Å². The molecule has 10 heterocycles. The molecule has 10 rings (SSSR count). The first-order valence-electron chi connectivity index (χ1n) is 20.2. The average Bonchev–Trinajstić information content (AvgIpc) is 3.79. The zero-order valence-electron chi connectivity index (χ0n) is 30.9. The SMILES string of the molecule is C=C1CC2CC[C@@]34C[C@H]5OC6C(O3)C3OC(CC[C@@H]3OC6C5[OH+]4)CC(=O)CC3[C@H](C[C@H]4O[C@@H](CCC1O2)C[C@@H](C)C4=C)O[C@H](CC(O)CN)[C@@H]3OC. The minimum absolute atomic E-state index is 0.00556. The van der Waals surface area contributed by atoms with Gasteiger partial charge < -0.3 is 53.5 Å². The van der Waals surface area contributed by atoms with Crippen LogP contribution in [0.15, 0.2) is 24.3 Å². The van der Waals surface area contributed by atoms with Crippen LogP contribution in [0.4, 0.5) is 0 Å². The molecular formula is C40H60NO11+. The molecule has 12 heteroatoms. The Hall–Kier alpha value is -1.29. The van der Waals surface area contributed by atoms with Gasteiger partial charge in [0.25, 0.3) is 5.79 Å². The normalized spacial score (nSPS) is 52.4. The molecular weight excluding hydrogens is 670 g/mol. The Morgan fingerprint density at radius 2 is 1.65 bits per heavy atom. The molecule has 12 nitrogen and oxygen atoms in total. The van der Waals surface area contributed by atoms with E-state index in [-0.39, 0.29) is 122 Å². The van der Waals surface area contributed by atoms with E-state index in [1.807, 2.05) is 0 Å². The predicted octanol–water partition coefficient (Wildman–Crippen LogP) is 2.95. The fraction of sp³-hybridized carbons (Fsp3) is 0.875. The number of fused-ring (bicyclic) bond motifs is 6. The Bertz CT molecular complexity index is 1380. The van der Waals surface area contributed by atoms with E-state index in [1.54, 1.807) is 7.11 Å². The summed E-state index contributed by atoms with van der Waals surface area (Å²) in [6.07, 6.45) is 5.47. The first-order valence-corrected chi connectivity index (χ1v) is 20.2. The Kier molecular flexibility index (Phi) is 10.0. The number of Topliss-reactive ketones (excluding diaryl/α,β-unsaturated/α-hetero) is 1. The number of carbonyl (C=O) groups is 1. The van der Waals surface area contributed by atoms with E-state index in [1.165, 1.54) is 0 Å². The van der Waals surface area contributed by atoms with Gasteiger partial charge >= 0.3 is 0 Å². The molecule has 10 saturated heterocycles. The van der Waals surface area contributed by atoms with Crippen molar-refractivity contribution in [3.05, 3.63) is 24.3 Å². The molecule has 0 aromatic rings. The maximum absolute atomic E-state index is 14.1. The van der Waals surface area contributed by atoms with Crippen molar-refractivity contribution in [1.29, 1.82) is 0 Å². The Labute approximate surface area is 307 Å². The van der Waals surface area contributed by atoms with Gasteiger partial charge in [0.05, 0.1) is 73.9 Å².